The Kier molecular flexibility index (Phi) is 3.64. The van der Waals surface area contributed by atoms with E-state index in [1.54, 1.807) is 6.07 Å². The van der Waals surface area contributed by atoms with Crippen molar-refractivity contribution in [2.75, 3.05) is 12.0 Å². The minimum absolute atomic E-state index is 0.199. The minimum atomic E-state index is -0.199. The lowest BCUT2D eigenvalue weighted by Crippen LogP contribution is -2.05. The number of nitrogens with one attached hydrogen (secondary N) is 1. The van der Waals surface area contributed by atoms with Crippen molar-refractivity contribution in [1.82, 2.24) is 19.9 Å². The van der Waals surface area contributed by atoms with Crippen molar-refractivity contribution in [2.24, 2.45) is 0 Å². The molecule has 0 radical (unpaired) electrons. The summed E-state index contributed by atoms with van der Waals surface area (Å²) in [6, 6.07) is 2.99. The van der Waals surface area contributed by atoms with Gasteiger partial charge in [0.25, 0.3) is 5.56 Å². The molecular weight excluding hydrogens is 258 g/mol. The first-order valence-corrected chi connectivity index (χ1v) is 6.63. The van der Waals surface area contributed by atoms with Gasteiger partial charge in [-0.05, 0) is 18.0 Å². The predicted molar refractivity (Wildman–Crippen MR) is 67.2 cm³/mol. The fourth-order valence-electron chi connectivity index (χ4n) is 1.07. The Bertz CT molecular complexity index is 586. The van der Waals surface area contributed by atoms with Gasteiger partial charge in [-0.15, -0.1) is 0 Å². The molecule has 0 aliphatic rings. The summed E-state index contributed by atoms with van der Waals surface area (Å²) in [4.78, 5) is 26.0. The molecule has 2 heterocycles. The number of rotatable bonds is 3. The fourth-order valence-corrected chi connectivity index (χ4v) is 2.29. The van der Waals surface area contributed by atoms with Crippen LogP contribution in [0.4, 0.5) is 5.82 Å². The van der Waals surface area contributed by atoms with E-state index in [0.717, 1.165) is 0 Å². The van der Waals surface area contributed by atoms with Crippen molar-refractivity contribution in [3.63, 3.8) is 0 Å². The van der Waals surface area contributed by atoms with Crippen LogP contribution < -0.4 is 11.3 Å². The molecule has 0 saturated carbocycles. The number of nitrogen functional groups attached to an aromatic ring is 1. The maximum absolute atomic E-state index is 11.1. The third-order valence-electron chi connectivity index (χ3n) is 1.73. The maximum atomic E-state index is 11.1. The van der Waals surface area contributed by atoms with Gasteiger partial charge in [-0.3, -0.25) is 4.79 Å². The Morgan fingerprint density at radius 3 is 2.94 bits per heavy atom. The highest BCUT2D eigenvalue weighted by molar-refractivity contribution is 7.99. The van der Waals surface area contributed by atoms with Gasteiger partial charge in [0.1, 0.15) is 10.8 Å². The van der Waals surface area contributed by atoms with Gasteiger partial charge in [-0.1, -0.05) is 11.8 Å². The first-order valence-electron chi connectivity index (χ1n) is 4.59. The van der Waals surface area contributed by atoms with Gasteiger partial charge in [-0.2, -0.15) is 0 Å². The summed E-state index contributed by atoms with van der Waals surface area (Å²) in [6.45, 7) is 0. The fraction of sp³-hybridized carbons (Fsp3) is 0.111. The molecule has 2 aromatic heterocycles. The zero-order valence-electron chi connectivity index (χ0n) is 8.88. The molecule has 0 unspecified atom stereocenters. The molecule has 3 N–H and O–H groups in total. The summed E-state index contributed by atoms with van der Waals surface area (Å²) in [5.41, 5.74) is 5.45. The zero-order valence-corrected chi connectivity index (χ0v) is 10.5. The molecule has 0 aliphatic carbocycles. The number of hydrogen-bond acceptors (Lipinski definition) is 7. The third-order valence-corrected chi connectivity index (χ3v) is 3.10. The number of nitrogens with zero attached hydrogens (tertiary/aromatic N) is 3. The molecule has 0 bridgehead atoms. The average Bonchev–Trinajstić information content (AvgIpc) is 2.28. The lowest BCUT2D eigenvalue weighted by molar-refractivity contribution is 0.887. The number of aromatic amines is 1. The van der Waals surface area contributed by atoms with E-state index in [9.17, 15) is 4.79 Å². The first-order chi connectivity index (χ1) is 8.17. The quantitative estimate of drug-likeness (QED) is 0.486. The third kappa shape index (κ3) is 3.21. The van der Waals surface area contributed by atoms with Crippen LogP contribution in [-0.2, 0) is 0 Å². The topological polar surface area (TPSA) is 97.5 Å². The smallest absolute Gasteiger partial charge is 0.251 e. The Morgan fingerprint density at radius 2 is 2.24 bits per heavy atom. The summed E-state index contributed by atoms with van der Waals surface area (Å²) in [5.74, 6) is 0.394. The van der Waals surface area contributed by atoms with Crippen LogP contribution in [0.2, 0.25) is 0 Å². The van der Waals surface area contributed by atoms with Gasteiger partial charge in [0.05, 0.1) is 0 Å². The van der Waals surface area contributed by atoms with E-state index >= 15 is 0 Å². The average molecular weight is 267 g/mol. The monoisotopic (exact) mass is 267 g/mol. The summed E-state index contributed by atoms with van der Waals surface area (Å²) >= 11 is 2.64. The molecule has 0 saturated heterocycles. The molecule has 2 aromatic rings. The SMILES string of the molecule is CSc1nc(N)cc(Sc2nccc(=O)[nH]2)n1. The van der Waals surface area contributed by atoms with Crippen LogP contribution in [0, 0.1) is 0 Å². The summed E-state index contributed by atoms with van der Waals surface area (Å²) in [5, 5.41) is 1.71. The molecule has 17 heavy (non-hydrogen) atoms. The number of aromatic nitrogens is 4. The van der Waals surface area contributed by atoms with Gasteiger partial charge in [-0.25, -0.2) is 15.0 Å². The van der Waals surface area contributed by atoms with Gasteiger partial charge < -0.3 is 10.7 Å². The van der Waals surface area contributed by atoms with Crippen LogP contribution >= 0.6 is 23.5 Å². The zero-order chi connectivity index (χ0) is 12.3. The van der Waals surface area contributed by atoms with E-state index in [1.807, 2.05) is 6.26 Å². The van der Waals surface area contributed by atoms with E-state index in [2.05, 4.69) is 19.9 Å². The highest BCUT2D eigenvalue weighted by Gasteiger charge is 2.05. The summed E-state index contributed by atoms with van der Waals surface area (Å²) in [6.07, 6.45) is 3.31. The molecule has 0 aliphatic heterocycles. The van der Waals surface area contributed by atoms with Crippen molar-refractivity contribution < 1.29 is 0 Å². The molecule has 0 amide bonds. The second kappa shape index (κ2) is 5.19. The first kappa shape index (κ1) is 11.9. The molecule has 6 nitrogen and oxygen atoms in total. The van der Waals surface area contributed by atoms with E-state index < -0.39 is 0 Å². The molecule has 8 heteroatoms. The Hall–Kier alpha value is -1.54. The van der Waals surface area contributed by atoms with Crippen LogP contribution in [0.3, 0.4) is 0 Å². The van der Waals surface area contributed by atoms with Crippen LogP contribution in [0.15, 0.2) is 38.5 Å². The van der Waals surface area contributed by atoms with Gasteiger partial charge >= 0.3 is 0 Å². The molecular formula is C9H9N5OS2. The van der Waals surface area contributed by atoms with E-state index in [4.69, 9.17) is 5.73 Å². The lowest BCUT2D eigenvalue weighted by Gasteiger charge is -2.02. The van der Waals surface area contributed by atoms with Crippen molar-refractivity contribution in [1.29, 1.82) is 0 Å². The van der Waals surface area contributed by atoms with Crippen LogP contribution in [0.5, 0.6) is 0 Å². The number of anilines is 1. The van der Waals surface area contributed by atoms with Crippen molar-refractivity contribution >= 4 is 29.3 Å². The minimum Gasteiger partial charge on any atom is -0.384 e. The second-order valence-corrected chi connectivity index (χ2v) is 4.74. The molecule has 0 atom stereocenters. The van der Waals surface area contributed by atoms with Crippen LogP contribution in [0.25, 0.3) is 0 Å². The summed E-state index contributed by atoms with van der Waals surface area (Å²) < 4.78 is 0. The van der Waals surface area contributed by atoms with E-state index in [1.165, 1.54) is 35.8 Å². The Balaban J connectivity index is 2.29. The molecule has 2 rings (SSSR count). The van der Waals surface area contributed by atoms with Gasteiger partial charge in [0, 0.05) is 18.3 Å². The molecule has 0 aromatic carbocycles. The summed E-state index contributed by atoms with van der Waals surface area (Å²) in [7, 11) is 0. The second-order valence-electron chi connectivity index (χ2n) is 2.96. The van der Waals surface area contributed by atoms with Gasteiger partial charge in [0.15, 0.2) is 10.3 Å². The number of hydrogen-bond donors (Lipinski definition) is 2. The molecule has 0 fully saturated rings. The Labute approximate surface area is 105 Å². The highest BCUT2D eigenvalue weighted by atomic mass is 32.2. The lowest BCUT2D eigenvalue weighted by atomic mass is 10.6. The van der Waals surface area contributed by atoms with E-state index in [0.29, 0.717) is 21.2 Å². The normalized spacial score (nSPS) is 10.4. The molecule has 88 valence electrons. The van der Waals surface area contributed by atoms with Crippen molar-refractivity contribution in [3.8, 4) is 0 Å². The van der Waals surface area contributed by atoms with Crippen LogP contribution in [0.1, 0.15) is 0 Å². The van der Waals surface area contributed by atoms with Crippen molar-refractivity contribution in [3.05, 3.63) is 28.7 Å². The number of nitrogens with two attached hydrogens (primary N) is 1. The molecule has 0 spiro atoms. The maximum Gasteiger partial charge on any atom is 0.251 e. The number of H-pyrrole nitrogens is 1. The van der Waals surface area contributed by atoms with E-state index in [-0.39, 0.29) is 5.56 Å². The Morgan fingerprint density at radius 1 is 1.41 bits per heavy atom. The highest BCUT2D eigenvalue weighted by Crippen LogP contribution is 2.24. The number of thioether (sulfide) groups is 1. The predicted octanol–water partition coefficient (Wildman–Crippen LogP) is 1.02. The van der Waals surface area contributed by atoms with Crippen LogP contribution in [-0.4, -0.2) is 26.2 Å². The largest absolute Gasteiger partial charge is 0.384 e. The standard InChI is InChI=1S/C9H9N5OS2/c1-16-9-12-5(10)4-7(14-9)17-8-11-3-2-6(15)13-8/h2-4H,1H3,(H2,10,12,14)(H,11,13,15). The van der Waals surface area contributed by atoms with Crippen molar-refractivity contribution in [2.45, 2.75) is 15.3 Å². The van der Waals surface area contributed by atoms with Gasteiger partial charge in [0.2, 0.25) is 0 Å².